The summed E-state index contributed by atoms with van der Waals surface area (Å²) in [6, 6.07) is 7.00. The molecule has 0 unspecified atom stereocenters. The molecular weight excluding hydrogens is 348 g/mol. The third-order valence-corrected chi connectivity index (χ3v) is 3.96. The fourth-order valence-corrected chi connectivity index (χ4v) is 2.52. The molecule has 8 nitrogen and oxygen atoms in total. The van der Waals surface area contributed by atoms with Gasteiger partial charge >= 0.3 is 5.69 Å². The minimum Gasteiger partial charge on any atom is -0.492 e. The van der Waals surface area contributed by atoms with Crippen LogP contribution in [0.15, 0.2) is 24.3 Å². The Hall–Kier alpha value is -2.61. The maximum atomic E-state index is 12.3. The minimum absolute atomic E-state index is 0.0558. The van der Waals surface area contributed by atoms with Gasteiger partial charge in [0.15, 0.2) is 0 Å². The minimum atomic E-state index is -0.485. The summed E-state index contributed by atoms with van der Waals surface area (Å²) in [5, 5.41) is 15.7. The quantitative estimate of drug-likeness (QED) is 0.555. The zero-order chi connectivity index (χ0) is 18.6. The Morgan fingerprint density at radius 3 is 2.76 bits per heavy atom. The summed E-state index contributed by atoms with van der Waals surface area (Å²) in [4.78, 5) is 24.3. The highest BCUT2D eigenvalue weighted by Crippen LogP contribution is 2.21. The van der Waals surface area contributed by atoms with Gasteiger partial charge < -0.3 is 9.64 Å². The van der Waals surface area contributed by atoms with Gasteiger partial charge in [-0.05, 0) is 32.0 Å². The SMILES string of the molecule is Cc1nn(CC(=O)N(C)CCOc2cccc(Cl)c2)c(C)c1[N+](=O)[O-]. The first-order valence-electron chi connectivity index (χ1n) is 7.60. The molecule has 0 saturated carbocycles. The Morgan fingerprint density at radius 1 is 1.44 bits per heavy atom. The smallest absolute Gasteiger partial charge is 0.312 e. The summed E-state index contributed by atoms with van der Waals surface area (Å²) >= 11 is 5.88. The molecule has 134 valence electrons. The van der Waals surface area contributed by atoms with Gasteiger partial charge in [0.05, 0.1) is 11.5 Å². The number of nitro groups is 1. The molecule has 1 amide bonds. The van der Waals surface area contributed by atoms with Crippen molar-refractivity contribution in [2.75, 3.05) is 20.2 Å². The molecule has 0 bridgehead atoms. The Morgan fingerprint density at radius 2 is 2.16 bits per heavy atom. The Kier molecular flexibility index (Phi) is 5.97. The summed E-state index contributed by atoms with van der Waals surface area (Å²) < 4.78 is 6.90. The van der Waals surface area contributed by atoms with Crippen LogP contribution in [0.25, 0.3) is 0 Å². The Bertz CT molecular complexity index is 790. The van der Waals surface area contributed by atoms with Gasteiger partial charge in [-0.2, -0.15) is 5.10 Å². The molecular formula is C16H19ClN4O4. The van der Waals surface area contributed by atoms with Crippen LogP contribution >= 0.6 is 11.6 Å². The summed E-state index contributed by atoms with van der Waals surface area (Å²) in [7, 11) is 1.64. The van der Waals surface area contributed by atoms with Crippen molar-refractivity contribution in [3.8, 4) is 5.75 Å². The normalized spacial score (nSPS) is 10.6. The molecule has 1 heterocycles. The number of aromatic nitrogens is 2. The second-order valence-electron chi connectivity index (χ2n) is 5.56. The van der Waals surface area contributed by atoms with Gasteiger partial charge in [0.25, 0.3) is 0 Å². The zero-order valence-corrected chi connectivity index (χ0v) is 15.0. The first kappa shape index (κ1) is 18.7. The highest BCUT2D eigenvalue weighted by molar-refractivity contribution is 6.30. The summed E-state index contributed by atoms with van der Waals surface area (Å²) in [6.07, 6.45) is 0. The van der Waals surface area contributed by atoms with Crippen molar-refractivity contribution in [3.05, 3.63) is 50.8 Å². The van der Waals surface area contributed by atoms with E-state index in [1.165, 1.54) is 9.58 Å². The molecule has 2 rings (SSSR count). The predicted molar refractivity (Wildman–Crippen MR) is 92.9 cm³/mol. The number of carbonyl (C=O) groups is 1. The molecule has 0 fully saturated rings. The number of carbonyl (C=O) groups excluding carboxylic acids is 1. The third-order valence-electron chi connectivity index (χ3n) is 3.73. The van der Waals surface area contributed by atoms with Crippen molar-refractivity contribution in [1.82, 2.24) is 14.7 Å². The summed E-state index contributed by atoms with van der Waals surface area (Å²) in [5.41, 5.74) is 0.599. The Balaban J connectivity index is 1.90. The lowest BCUT2D eigenvalue weighted by Crippen LogP contribution is -2.34. The lowest BCUT2D eigenvalue weighted by molar-refractivity contribution is -0.386. The number of halogens is 1. The number of aryl methyl sites for hydroxylation is 1. The molecule has 0 saturated heterocycles. The lowest BCUT2D eigenvalue weighted by atomic mass is 10.3. The number of benzene rings is 1. The van der Waals surface area contributed by atoms with Gasteiger partial charge in [-0.1, -0.05) is 17.7 Å². The molecule has 0 aliphatic rings. The zero-order valence-electron chi connectivity index (χ0n) is 14.2. The third kappa shape index (κ3) is 4.69. The van der Waals surface area contributed by atoms with Crippen LogP contribution in [0.5, 0.6) is 5.75 Å². The van der Waals surface area contributed by atoms with Crippen LogP contribution in [0.3, 0.4) is 0 Å². The molecule has 0 aliphatic heterocycles. The van der Waals surface area contributed by atoms with Crippen LogP contribution in [-0.4, -0.2) is 45.7 Å². The largest absolute Gasteiger partial charge is 0.492 e. The van der Waals surface area contributed by atoms with E-state index < -0.39 is 4.92 Å². The topological polar surface area (TPSA) is 90.5 Å². The molecule has 0 radical (unpaired) electrons. The number of rotatable bonds is 7. The van der Waals surface area contributed by atoms with Crippen LogP contribution in [0.4, 0.5) is 5.69 Å². The van der Waals surface area contributed by atoms with E-state index in [0.29, 0.717) is 35.3 Å². The average Bonchev–Trinajstić information content (AvgIpc) is 2.81. The number of hydrogen-bond donors (Lipinski definition) is 0. The van der Waals surface area contributed by atoms with Gasteiger partial charge in [0.2, 0.25) is 5.91 Å². The second kappa shape index (κ2) is 7.98. The standard InChI is InChI=1S/C16H19ClN4O4/c1-11-16(21(23)24)12(2)20(18-11)10-15(22)19(3)7-8-25-14-6-4-5-13(17)9-14/h4-6,9H,7-8,10H2,1-3H3. The first-order chi connectivity index (χ1) is 11.8. The fourth-order valence-electron chi connectivity index (χ4n) is 2.34. The fraction of sp³-hybridized carbons (Fsp3) is 0.375. The van der Waals surface area contributed by atoms with Crippen molar-refractivity contribution in [3.63, 3.8) is 0 Å². The van der Waals surface area contributed by atoms with E-state index in [4.69, 9.17) is 16.3 Å². The molecule has 1 aromatic carbocycles. The molecule has 1 aromatic heterocycles. The van der Waals surface area contributed by atoms with E-state index in [0.717, 1.165) is 0 Å². The van der Waals surface area contributed by atoms with E-state index in [1.54, 1.807) is 45.2 Å². The van der Waals surface area contributed by atoms with Crippen molar-refractivity contribution < 1.29 is 14.5 Å². The predicted octanol–water partition coefficient (Wildman–Crippen LogP) is 2.60. The van der Waals surface area contributed by atoms with Crippen LogP contribution in [0.2, 0.25) is 5.02 Å². The number of likely N-dealkylation sites (N-methyl/N-ethyl adjacent to an activating group) is 1. The summed E-state index contributed by atoms with van der Waals surface area (Å²) in [5.74, 6) is 0.415. The molecule has 2 aromatic rings. The first-order valence-corrected chi connectivity index (χ1v) is 7.98. The Labute approximate surface area is 150 Å². The second-order valence-corrected chi connectivity index (χ2v) is 5.99. The monoisotopic (exact) mass is 366 g/mol. The van der Waals surface area contributed by atoms with Gasteiger partial charge in [-0.25, -0.2) is 0 Å². The van der Waals surface area contributed by atoms with Crippen molar-refractivity contribution in [1.29, 1.82) is 0 Å². The van der Waals surface area contributed by atoms with E-state index >= 15 is 0 Å². The average molecular weight is 367 g/mol. The molecule has 9 heteroatoms. The van der Waals surface area contributed by atoms with Gasteiger partial charge in [0, 0.05) is 12.1 Å². The van der Waals surface area contributed by atoms with Gasteiger partial charge in [-0.3, -0.25) is 19.6 Å². The molecule has 0 atom stereocenters. The van der Waals surface area contributed by atoms with Crippen molar-refractivity contribution >= 4 is 23.2 Å². The van der Waals surface area contributed by atoms with Crippen molar-refractivity contribution in [2.24, 2.45) is 0 Å². The molecule has 0 aliphatic carbocycles. The van der Waals surface area contributed by atoms with Crippen molar-refractivity contribution in [2.45, 2.75) is 20.4 Å². The van der Waals surface area contributed by atoms with E-state index in [1.807, 2.05) is 0 Å². The molecule has 25 heavy (non-hydrogen) atoms. The van der Waals surface area contributed by atoms with Gasteiger partial charge in [-0.15, -0.1) is 0 Å². The highest BCUT2D eigenvalue weighted by Gasteiger charge is 2.23. The molecule has 0 N–H and O–H groups in total. The van der Waals surface area contributed by atoms with Crippen LogP contribution in [-0.2, 0) is 11.3 Å². The summed E-state index contributed by atoms with van der Waals surface area (Å²) in [6.45, 7) is 3.74. The number of amides is 1. The highest BCUT2D eigenvalue weighted by atomic mass is 35.5. The van der Waals surface area contributed by atoms with Crippen LogP contribution in [0, 0.1) is 24.0 Å². The van der Waals surface area contributed by atoms with Crippen LogP contribution < -0.4 is 4.74 Å². The number of nitrogens with zero attached hydrogens (tertiary/aromatic N) is 4. The molecule has 0 spiro atoms. The lowest BCUT2D eigenvalue weighted by Gasteiger charge is -2.18. The number of ether oxygens (including phenoxy) is 1. The van der Waals surface area contributed by atoms with E-state index in [-0.39, 0.29) is 18.1 Å². The van der Waals surface area contributed by atoms with E-state index in [2.05, 4.69) is 5.10 Å². The maximum Gasteiger partial charge on any atom is 0.312 e. The maximum absolute atomic E-state index is 12.3. The number of hydrogen-bond acceptors (Lipinski definition) is 5. The van der Waals surface area contributed by atoms with Gasteiger partial charge in [0.1, 0.15) is 30.3 Å². The van der Waals surface area contributed by atoms with Crippen LogP contribution in [0.1, 0.15) is 11.4 Å². The van der Waals surface area contributed by atoms with E-state index in [9.17, 15) is 14.9 Å².